The van der Waals surface area contributed by atoms with Crippen LogP contribution >= 0.6 is 0 Å². The van der Waals surface area contributed by atoms with Gasteiger partial charge in [0, 0.05) is 31.1 Å². The van der Waals surface area contributed by atoms with Gasteiger partial charge >= 0.3 is 39.9 Å². The van der Waals surface area contributed by atoms with E-state index in [1.165, 1.54) is 0 Å². The van der Waals surface area contributed by atoms with Gasteiger partial charge in [-0.3, -0.25) is 0 Å². The molecule has 7 N–H and O–H groups in total. The summed E-state index contributed by atoms with van der Waals surface area (Å²) in [5, 5.41) is 0. The Morgan fingerprint density at radius 1 is 0.500 bits per heavy atom. The zero-order valence-electron chi connectivity index (χ0n) is 4.43. The number of hydrogen-bond acceptors (Lipinski definition) is 1. The SMILES string of the molecule is O.O.O.[Gd+3].[O-2].[O-2].[O-2].[O-2].[OH-].[U]. The molecule has 0 aliphatic heterocycles. The van der Waals surface area contributed by atoms with E-state index in [0.717, 1.165) is 0 Å². The molecular formula is H7GdO8U-6. The van der Waals surface area contributed by atoms with Crippen molar-refractivity contribution in [2.24, 2.45) is 0 Å². The molecule has 0 aromatic heterocycles. The second-order valence-electron chi connectivity index (χ2n) is 0. The standard InChI is InChI=1S/Gd.4H2O.4O.U/h;4*1H2;;;;;/q+3;;;;;4*-2;/p-1. The molecule has 0 aromatic rings. The Hall–Kier alpha value is 2.06. The van der Waals surface area contributed by atoms with Crippen molar-refractivity contribution in [3.8, 4) is 0 Å². The van der Waals surface area contributed by atoms with E-state index in [-0.39, 0.29) is 115 Å². The first-order valence-corrected chi connectivity index (χ1v) is 0. The Morgan fingerprint density at radius 3 is 0.500 bits per heavy atom. The van der Waals surface area contributed by atoms with Crippen LogP contribution in [0.3, 0.4) is 0 Å². The molecule has 1 radical (unpaired) electrons. The van der Waals surface area contributed by atoms with Crippen molar-refractivity contribution < 1.29 is 115 Å². The van der Waals surface area contributed by atoms with E-state index in [0.29, 0.717) is 0 Å². The van der Waals surface area contributed by atoms with Crippen LogP contribution in [0.25, 0.3) is 0 Å². The van der Waals surface area contributed by atoms with E-state index >= 15 is 0 Å². The van der Waals surface area contributed by atoms with Crippen molar-refractivity contribution in [3.05, 3.63) is 0 Å². The van der Waals surface area contributed by atoms with Crippen LogP contribution in [-0.4, -0.2) is 21.9 Å². The molecule has 0 saturated heterocycles. The zero-order chi connectivity index (χ0) is 0. The van der Waals surface area contributed by atoms with Crippen LogP contribution in [0.5, 0.6) is 0 Å². The summed E-state index contributed by atoms with van der Waals surface area (Å²) in [6, 6.07) is 0. The van der Waals surface area contributed by atoms with E-state index < -0.39 is 0 Å². The predicted octanol–water partition coefficient (Wildman–Crippen LogP) is -3.13. The van der Waals surface area contributed by atoms with Gasteiger partial charge < -0.3 is 43.8 Å². The average molecular weight is 530 g/mol. The normalized spacial score (nSPS) is 0. The summed E-state index contributed by atoms with van der Waals surface area (Å²) in [6.45, 7) is 0. The fourth-order valence-corrected chi connectivity index (χ4v) is 0. The fraction of sp³-hybridized carbons (Fsp3) is 0. The van der Waals surface area contributed by atoms with Crippen LogP contribution in [0.2, 0.25) is 0 Å². The minimum atomic E-state index is 0. The minimum Gasteiger partial charge on any atom is -2.00 e. The average Bonchev–Trinajstić information content (AvgIpc) is 0. The van der Waals surface area contributed by atoms with Gasteiger partial charge in [-0.2, -0.15) is 0 Å². The summed E-state index contributed by atoms with van der Waals surface area (Å²) in [5.41, 5.74) is 0. The van der Waals surface area contributed by atoms with E-state index in [4.69, 9.17) is 0 Å². The summed E-state index contributed by atoms with van der Waals surface area (Å²) in [5.74, 6) is 0. The third kappa shape index (κ3) is 195. The van der Waals surface area contributed by atoms with Gasteiger partial charge in [-0.1, -0.05) is 0 Å². The van der Waals surface area contributed by atoms with Crippen LogP contribution < -0.4 is 0 Å². The molecule has 10 heteroatoms. The molecule has 73 valence electrons. The van der Waals surface area contributed by atoms with Crippen molar-refractivity contribution in [1.82, 2.24) is 0 Å². The maximum absolute atomic E-state index is 0. The van der Waals surface area contributed by atoms with Gasteiger partial charge in [-0.15, -0.1) is 0 Å². The van der Waals surface area contributed by atoms with Gasteiger partial charge in [0.05, 0.1) is 0 Å². The Balaban J connectivity index is 0. The second kappa shape index (κ2) is 264. The molecule has 0 amide bonds. The molecular weight excluding hydrogens is 523 g/mol. The Labute approximate surface area is 113 Å². The molecule has 0 bridgehead atoms. The monoisotopic (exact) mass is 531 g/mol. The van der Waals surface area contributed by atoms with Crippen LogP contribution in [0.4, 0.5) is 0 Å². The molecule has 0 aliphatic rings. The first kappa shape index (κ1) is 348. The number of rotatable bonds is 0. The molecule has 0 saturated carbocycles. The van der Waals surface area contributed by atoms with E-state index in [9.17, 15) is 0 Å². The maximum Gasteiger partial charge on any atom is 3.00 e. The fourth-order valence-electron chi connectivity index (χ4n) is 0. The van der Waals surface area contributed by atoms with E-state index in [1.807, 2.05) is 0 Å². The summed E-state index contributed by atoms with van der Waals surface area (Å²) in [7, 11) is 0. The third-order valence-electron chi connectivity index (χ3n) is 0. The largest absolute Gasteiger partial charge is 3.00 e. The van der Waals surface area contributed by atoms with Crippen molar-refractivity contribution >= 4 is 0 Å². The van der Waals surface area contributed by atoms with E-state index in [1.54, 1.807) is 0 Å². The summed E-state index contributed by atoms with van der Waals surface area (Å²) >= 11 is 0. The van der Waals surface area contributed by atoms with Gasteiger partial charge in [0.2, 0.25) is 0 Å². The van der Waals surface area contributed by atoms with Crippen molar-refractivity contribution in [2.45, 2.75) is 0 Å². The third-order valence-corrected chi connectivity index (χ3v) is 0. The zero-order valence-corrected chi connectivity index (χ0v) is 10.9. The Kier molecular flexibility index (Phi) is 9210. The van der Waals surface area contributed by atoms with Gasteiger partial charge in [0.1, 0.15) is 0 Å². The summed E-state index contributed by atoms with van der Waals surface area (Å²) in [6.07, 6.45) is 0. The van der Waals surface area contributed by atoms with Gasteiger partial charge in [0.15, 0.2) is 0 Å². The first-order chi connectivity index (χ1) is 0. The molecule has 0 fully saturated rings. The molecule has 0 unspecified atom stereocenters. The molecule has 8 nitrogen and oxygen atoms in total. The summed E-state index contributed by atoms with van der Waals surface area (Å²) < 4.78 is 0. The van der Waals surface area contributed by atoms with Gasteiger partial charge in [-0.05, 0) is 0 Å². The van der Waals surface area contributed by atoms with Crippen LogP contribution in [0.15, 0.2) is 0 Å². The molecule has 0 spiro atoms. The molecule has 0 aromatic carbocycles. The molecule has 0 atom stereocenters. The molecule has 0 heterocycles. The maximum atomic E-state index is 0. The van der Waals surface area contributed by atoms with Gasteiger partial charge in [0.25, 0.3) is 0 Å². The van der Waals surface area contributed by atoms with Crippen molar-refractivity contribution in [3.63, 3.8) is 0 Å². The van der Waals surface area contributed by atoms with Crippen LogP contribution in [-0.2, 0) is 21.9 Å². The summed E-state index contributed by atoms with van der Waals surface area (Å²) in [4.78, 5) is 0. The van der Waals surface area contributed by atoms with Crippen LogP contribution in [0, 0.1) is 71.1 Å². The second-order valence-corrected chi connectivity index (χ2v) is 0. The molecule has 10 heavy (non-hydrogen) atoms. The van der Waals surface area contributed by atoms with Crippen molar-refractivity contribution in [1.29, 1.82) is 0 Å². The minimum absolute atomic E-state index is 0. The topological polar surface area (TPSA) is 238 Å². The number of hydrogen-bond donors (Lipinski definition) is 0. The Bertz CT molecular complexity index is 9.22. The van der Waals surface area contributed by atoms with Crippen LogP contribution in [0.1, 0.15) is 0 Å². The Morgan fingerprint density at radius 2 is 0.500 bits per heavy atom. The quantitative estimate of drug-likeness (QED) is 0.310. The van der Waals surface area contributed by atoms with Gasteiger partial charge in [-0.25, -0.2) is 0 Å². The first-order valence-electron chi connectivity index (χ1n) is 0. The molecule has 0 aliphatic carbocycles. The van der Waals surface area contributed by atoms with E-state index in [2.05, 4.69) is 0 Å². The smallest absolute Gasteiger partial charge is 2.00 e. The van der Waals surface area contributed by atoms with Crippen molar-refractivity contribution in [2.75, 3.05) is 0 Å². The molecule has 0 rings (SSSR count). The predicted molar refractivity (Wildman–Crippen MR) is 15.5 cm³/mol.